The van der Waals surface area contributed by atoms with Crippen molar-refractivity contribution in [2.45, 2.75) is 19.4 Å². The Morgan fingerprint density at radius 2 is 1.93 bits per heavy atom. The first-order valence-corrected chi connectivity index (χ1v) is 9.10. The van der Waals surface area contributed by atoms with Gasteiger partial charge in [-0.2, -0.15) is 0 Å². The number of hydrogen-bond acceptors (Lipinski definition) is 5. The second-order valence-electron chi connectivity index (χ2n) is 6.17. The van der Waals surface area contributed by atoms with Gasteiger partial charge in [0.2, 0.25) is 0 Å². The predicted molar refractivity (Wildman–Crippen MR) is 112 cm³/mol. The Bertz CT molecular complexity index is 1080. The van der Waals surface area contributed by atoms with Crippen LogP contribution in [0.3, 0.4) is 0 Å². The number of aromatic nitrogens is 3. The summed E-state index contributed by atoms with van der Waals surface area (Å²) in [6.07, 6.45) is 2.34. The summed E-state index contributed by atoms with van der Waals surface area (Å²) < 4.78 is 6.25. The molecule has 0 bridgehead atoms. The first kappa shape index (κ1) is 19.5. The lowest BCUT2D eigenvalue weighted by Crippen LogP contribution is -2.17. The van der Waals surface area contributed by atoms with Gasteiger partial charge < -0.3 is 10.3 Å². The number of nitrogens with zero attached hydrogens (tertiary/aromatic N) is 3. The number of aryl methyl sites for hydroxylation is 1. The van der Waals surface area contributed by atoms with Crippen molar-refractivity contribution >= 4 is 39.3 Å². The molecule has 4 rings (SSSR count). The van der Waals surface area contributed by atoms with Crippen molar-refractivity contribution in [3.05, 3.63) is 76.3 Å². The van der Waals surface area contributed by atoms with E-state index in [9.17, 15) is 0 Å². The van der Waals surface area contributed by atoms with E-state index in [0.717, 1.165) is 43.8 Å². The molecule has 0 radical (unpaired) electrons. The molecule has 1 atom stereocenters. The van der Waals surface area contributed by atoms with E-state index in [0.29, 0.717) is 6.42 Å². The molecule has 0 fully saturated rings. The maximum Gasteiger partial charge on any atom is 0.167 e. The summed E-state index contributed by atoms with van der Waals surface area (Å²) in [5.41, 5.74) is 11.8. The molecule has 0 aliphatic carbocycles. The molecule has 2 N–H and O–H groups in total. The van der Waals surface area contributed by atoms with Crippen molar-refractivity contribution in [3.8, 4) is 11.3 Å². The average molecular weight is 446 g/mol. The summed E-state index contributed by atoms with van der Waals surface area (Å²) in [6, 6.07) is 15.3. The van der Waals surface area contributed by atoms with Gasteiger partial charge in [-0.05, 0) is 58.7 Å². The van der Waals surface area contributed by atoms with Crippen molar-refractivity contribution < 1.29 is 4.52 Å². The van der Waals surface area contributed by atoms with Crippen LogP contribution in [-0.4, -0.2) is 15.1 Å². The minimum atomic E-state index is -0.304. The van der Waals surface area contributed by atoms with Crippen molar-refractivity contribution in [3.63, 3.8) is 0 Å². The molecular formula is C20H18BrClN4O. The highest BCUT2D eigenvalue weighted by Gasteiger charge is 2.20. The van der Waals surface area contributed by atoms with E-state index in [1.165, 1.54) is 0 Å². The number of nitrogens with two attached hydrogens (primary N) is 1. The molecule has 0 saturated carbocycles. The van der Waals surface area contributed by atoms with Crippen LogP contribution in [-0.2, 0) is 6.42 Å². The minimum Gasteiger partial charge on any atom is -0.356 e. The maximum atomic E-state index is 6.52. The van der Waals surface area contributed by atoms with Gasteiger partial charge in [0.25, 0.3) is 0 Å². The normalized spacial score (nSPS) is 12.0. The summed E-state index contributed by atoms with van der Waals surface area (Å²) in [6.45, 7) is 2.03. The monoisotopic (exact) mass is 444 g/mol. The van der Waals surface area contributed by atoms with Crippen molar-refractivity contribution in [2.24, 2.45) is 5.73 Å². The number of hydrogen-bond donors (Lipinski definition) is 1. The largest absolute Gasteiger partial charge is 0.356 e. The van der Waals surface area contributed by atoms with Gasteiger partial charge in [-0.25, -0.2) is 4.98 Å². The molecule has 4 aromatic rings. The molecule has 138 valence electrons. The molecule has 1 aromatic carbocycles. The lowest BCUT2D eigenvalue weighted by atomic mass is 9.98. The number of benzene rings is 1. The van der Waals surface area contributed by atoms with Gasteiger partial charge in [0.1, 0.15) is 10.3 Å². The van der Waals surface area contributed by atoms with Gasteiger partial charge in [0.05, 0.1) is 11.7 Å². The fourth-order valence-corrected chi connectivity index (χ4v) is 3.40. The summed E-state index contributed by atoms with van der Waals surface area (Å²) in [5, 5.41) is 5.20. The van der Waals surface area contributed by atoms with E-state index in [2.05, 4.69) is 31.1 Å². The molecule has 3 heterocycles. The van der Waals surface area contributed by atoms with Gasteiger partial charge in [0, 0.05) is 29.3 Å². The molecule has 0 aliphatic heterocycles. The van der Waals surface area contributed by atoms with Gasteiger partial charge >= 0.3 is 0 Å². The third kappa shape index (κ3) is 3.88. The zero-order valence-corrected chi connectivity index (χ0v) is 17.0. The molecule has 0 amide bonds. The van der Waals surface area contributed by atoms with Crippen LogP contribution in [0.4, 0.5) is 0 Å². The van der Waals surface area contributed by atoms with Crippen LogP contribution in [0.15, 0.2) is 63.9 Å². The number of para-hydroxylation sites is 1. The Hall–Kier alpha value is -2.28. The molecule has 0 saturated heterocycles. The average Bonchev–Trinajstić information content (AvgIpc) is 3.08. The molecule has 7 heteroatoms. The Morgan fingerprint density at radius 1 is 1.11 bits per heavy atom. The van der Waals surface area contributed by atoms with Gasteiger partial charge in [-0.1, -0.05) is 23.4 Å². The highest BCUT2D eigenvalue weighted by Crippen LogP contribution is 2.32. The number of pyridine rings is 2. The van der Waals surface area contributed by atoms with Crippen molar-refractivity contribution in [1.82, 2.24) is 15.1 Å². The van der Waals surface area contributed by atoms with Gasteiger partial charge in [0.15, 0.2) is 5.58 Å². The fraction of sp³-hybridized carbons (Fsp3) is 0.150. The molecule has 27 heavy (non-hydrogen) atoms. The summed E-state index contributed by atoms with van der Waals surface area (Å²) in [7, 11) is 0. The van der Waals surface area contributed by atoms with Crippen LogP contribution < -0.4 is 5.73 Å². The Kier molecular flexibility index (Phi) is 5.89. The predicted octanol–water partition coefficient (Wildman–Crippen LogP) is 5.02. The van der Waals surface area contributed by atoms with Crippen LogP contribution in [0.25, 0.3) is 22.2 Å². The second kappa shape index (κ2) is 8.17. The smallest absolute Gasteiger partial charge is 0.167 e. The Labute approximate surface area is 171 Å². The zero-order valence-electron chi connectivity index (χ0n) is 14.6. The standard InChI is InChI=1S/C20H17BrN4O.ClH/c1-12-8-9-18(21)24-16(12)11-15(22)20-14(6-4-10-23-20)19-13-5-2-3-7-17(13)26-25-19;/h2-10,15H,11,22H2,1H3;1H. The van der Waals surface area contributed by atoms with E-state index in [-0.39, 0.29) is 18.4 Å². The summed E-state index contributed by atoms with van der Waals surface area (Å²) in [5.74, 6) is 0. The molecular weight excluding hydrogens is 428 g/mol. The van der Waals surface area contributed by atoms with Crippen LogP contribution in [0.5, 0.6) is 0 Å². The number of rotatable bonds is 4. The second-order valence-corrected chi connectivity index (χ2v) is 6.98. The molecule has 0 spiro atoms. The van der Waals surface area contributed by atoms with Crippen LogP contribution >= 0.6 is 28.3 Å². The first-order valence-electron chi connectivity index (χ1n) is 8.31. The van der Waals surface area contributed by atoms with Crippen LogP contribution in [0.1, 0.15) is 23.0 Å². The van der Waals surface area contributed by atoms with Gasteiger partial charge in [-0.3, -0.25) is 4.98 Å². The zero-order chi connectivity index (χ0) is 18.1. The summed E-state index contributed by atoms with van der Waals surface area (Å²) >= 11 is 3.43. The highest BCUT2D eigenvalue weighted by molar-refractivity contribution is 9.10. The maximum absolute atomic E-state index is 6.52. The Balaban J connectivity index is 0.00000210. The molecule has 3 aromatic heterocycles. The van der Waals surface area contributed by atoms with Crippen LogP contribution in [0, 0.1) is 6.92 Å². The molecule has 0 aliphatic rings. The number of halogens is 2. The SMILES string of the molecule is Cc1ccc(Br)nc1CC(N)c1ncccc1-c1noc2ccccc12.Cl. The van der Waals surface area contributed by atoms with E-state index in [1.807, 2.05) is 55.5 Å². The van der Waals surface area contributed by atoms with E-state index in [4.69, 9.17) is 10.3 Å². The quantitative estimate of drug-likeness (QED) is 0.446. The lowest BCUT2D eigenvalue weighted by Gasteiger charge is -2.15. The summed E-state index contributed by atoms with van der Waals surface area (Å²) in [4.78, 5) is 9.10. The fourth-order valence-electron chi connectivity index (χ4n) is 3.05. The topological polar surface area (TPSA) is 77.8 Å². The van der Waals surface area contributed by atoms with Gasteiger partial charge in [-0.15, -0.1) is 12.4 Å². The van der Waals surface area contributed by atoms with Crippen molar-refractivity contribution in [2.75, 3.05) is 0 Å². The molecule has 1 unspecified atom stereocenters. The third-order valence-corrected chi connectivity index (χ3v) is 4.85. The van der Waals surface area contributed by atoms with Crippen LogP contribution in [0.2, 0.25) is 0 Å². The lowest BCUT2D eigenvalue weighted by molar-refractivity contribution is 0.459. The van der Waals surface area contributed by atoms with Crippen molar-refractivity contribution in [1.29, 1.82) is 0 Å². The third-order valence-electron chi connectivity index (χ3n) is 4.40. The van der Waals surface area contributed by atoms with E-state index >= 15 is 0 Å². The highest BCUT2D eigenvalue weighted by atomic mass is 79.9. The van der Waals surface area contributed by atoms with E-state index in [1.54, 1.807) is 6.20 Å². The minimum absolute atomic E-state index is 0. The first-order chi connectivity index (χ1) is 12.6. The van der Waals surface area contributed by atoms with E-state index < -0.39 is 0 Å². The Morgan fingerprint density at radius 3 is 2.78 bits per heavy atom. The number of fused-ring (bicyclic) bond motifs is 1. The molecule has 5 nitrogen and oxygen atoms in total.